The average Bonchev–Trinajstić information content (AvgIpc) is 2.48. The zero-order valence-electron chi connectivity index (χ0n) is 13.0. The van der Waals surface area contributed by atoms with Gasteiger partial charge in [-0.25, -0.2) is 13.4 Å². The largest absolute Gasteiger partial charge is 0.340 e. The minimum Gasteiger partial charge on any atom is -0.340 e. The third kappa shape index (κ3) is 5.71. The van der Waals surface area contributed by atoms with Crippen molar-refractivity contribution in [2.75, 3.05) is 22.6 Å². The molecule has 122 valence electrons. The standard InChI is InChI=1S/C16H19N3O3S/c1-12(11-23(2,21)22)16(20)19-14-8-9-15(17-10-14)18-13-6-4-3-5-7-13/h3-10,12H,11H2,1-2H3,(H,17,18)(H,19,20). The molecule has 6 nitrogen and oxygen atoms in total. The predicted octanol–water partition coefficient (Wildman–Crippen LogP) is 2.44. The van der Waals surface area contributed by atoms with Crippen molar-refractivity contribution in [2.24, 2.45) is 5.92 Å². The first-order valence-corrected chi connectivity index (χ1v) is 9.16. The lowest BCUT2D eigenvalue weighted by atomic mass is 10.2. The SMILES string of the molecule is CC(CS(C)(=O)=O)C(=O)Nc1ccc(Nc2ccccc2)nc1. The van der Waals surface area contributed by atoms with Crippen molar-refractivity contribution in [3.05, 3.63) is 48.7 Å². The Morgan fingerprint density at radius 1 is 1.13 bits per heavy atom. The molecule has 1 aromatic heterocycles. The lowest BCUT2D eigenvalue weighted by Crippen LogP contribution is -2.26. The lowest BCUT2D eigenvalue weighted by Gasteiger charge is -2.11. The lowest BCUT2D eigenvalue weighted by molar-refractivity contribution is -0.118. The number of carbonyl (C=O) groups excluding carboxylic acids is 1. The van der Waals surface area contributed by atoms with E-state index in [0.717, 1.165) is 11.9 Å². The molecule has 0 fully saturated rings. The first kappa shape index (κ1) is 17.0. The summed E-state index contributed by atoms with van der Waals surface area (Å²) < 4.78 is 22.4. The Kier molecular flexibility index (Phi) is 5.33. The van der Waals surface area contributed by atoms with E-state index in [0.29, 0.717) is 11.5 Å². The summed E-state index contributed by atoms with van der Waals surface area (Å²) >= 11 is 0. The van der Waals surface area contributed by atoms with Gasteiger partial charge in [0.25, 0.3) is 0 Å². The summed E-state index contributed by atoms with van der Waals surface area (Å²) in [6.07, 6.45) is 2.64. The summed E-state index contributed by atoms with van der Waals surface area (Å²) in [5, 5.41) is 5.80. The number of anilines is 3. The molecule has 0 bridgehead atoms. The summed E-state index contributed by atoms with van der Waals surface area (Å²) in [6.45, 7) is 1.58. The topological polar surface area (TPSA) is 88.2 Å². The number of nitrogens with zero attached hydrogens (tertiary/aromatic N) is 1. The van der Waals surface area contributed by atoms with Crippen LogP contribution in [-0.4, -0.2) is 31.3 Å². The molecular weight excluding hydrogens is 314 g/mol. The molecule has 2 N–H and O–H groups in total. The highest BCUT2D eigenvalue weighted by molar-refractivity contribution is 7.90. The fourth-order valence-corrected chi connectivity index (χ4v) is 3.07. The van der Waals surface area contributed by atoms with Gasteiger partial charge in [0.2, 0.25) is 5.91 Å². The van der Waals surface area contributed by atoms with Gasteiger partial charge in [-0.1, -0.05) is 25.1 Å². The highest BCUT2D eigenvalue weighted by Gasteiger charge is 2.18. The second-order valence-electron chi connectivity index (χ2n) is 5.41. The normalized spacial score (nSPS) is 12.4. The molecule has 0 saturated heterocycles. The molecule has 1 atom stereocenters. The van der Waals surface area contributed by atoms with E-state index in [1.807, 2.05) is 30.3 Å². The Morgan fingerprint density at radius 3 is 2.39 bits per heavy atom. The molecule has 0 radical (unpaired) electrons. The molecule has 0 aliphatic carbocycles. The molecule has 1 aromatic carbocycles. The van der Waals surface area contributed by atoms with Crippen LogP contribution in [0.25, 0.3) is 0 Å². The third-order valence-electron chi connectivity index (χ3n) is 3.08. The smallest absolute Gasteiger partial charge is 0.228 e. The molecule has 1 heterocycles. The summed E-state index contributed by atoms with van der Waals surface area (Å²) in [6, 6.07) is 13.1. The number of hydrogen-bond acceptors (Lipinski definition) is 5. The van der Waals surface area contributed by atoms with Crippen LogP contribution < -0.4 is 10.6 Å². The van der Waals surface area contributed by atoms with Gasteiger partial charge in [0.1, 0.15) is 15.7 Å². The van der Waals surface area contributed by atoms with Gasteiger partial charge in [-0.15, -0.1) is 0 Å². The zero-order chi connectivity index (χ0) is 16.9. The molecular formula is C16H19N3O3S. The van der Waals surface area contributed by atoms with Crippen molar-refractivity contribution in [2.45, 2.75) is 6.92 Å². The van der Waals surface area contributed by atoms with Crippen LogP contribution in [0.15, 0.2) is 48.7 Å². The number of carbonyl (C=O) groups is 1. The Morgan fingerprint density at radius 2 is 1.83 bits per heavy atom. The molecule has 1 amide bonds. The minimum absolute atomic E-state index is 0.181. The van der Waals surface area contributed by atoms with E-state index >= 15 is 0 Å². The van der Waals surface area contributed by atoms with E-state index in [9.17, 15) is 13.2 Å². The Bertz CT molecular complexity index is 759. The van der Waals surface area contributed by atoms with Crippen LogP contribution >= 0.6 is 0 Å². The van der Waals surface area contributed by atoms with Gasteiger partial charge in [-0.05, 0) is 24.3 Å². The fraction of sp³-hybridized carbons (Fsp3) is 0.250. The number of nitrogens with one attached hydrogen (secondary N) is 2. The highest BCUT2D eigenvalue weighted by Crippen LogP contribution is 2.16. The van der Waals surface area contributed by atoms with Crippen molar-refractivity contribution < 1.29 is 13.2 Å². The number of pyridine rings is 1. The predicted molar refractivity (Wildman–Crippen MR) is 91.5 cm³/mol. The molecule has 23 heavy (non-hydrogen) atoms. The van der Waals surface area contributed by atoms with Crippen molar-refractivity contribution >= 4 is 32.9 Å². The summed E-state index contributed by atoms with van der Waals surface area (Å²) in [5.41, 5.74) is 1.44. The van der Waals surface area contributed by atoms with E-state index in [1.54, 1.807) is 19.1 Å². The van der Waals surface area contributed by atoms with Crippen molar-refractivity contribution in [3.8, 4) is 0 Å². The van der Waals surface area contributed by atoms with Crippen LogP contribution in [0, 0.1) is 5.92 Å². The quantitative estimate of drug-likeness (QED) is 0.848. The van der Waals surface area contributed by atoms with Gasteiger partial charge < -0.3 is 10.6 Å². The number of amides is 1. The summed E-state index contributed by atoms with van der Waals surface area (Å²) in [4.78, 5) is 16.2. The maximum Gasteiger partial charge on any atom is 0.228 e. The first-order valence-electron chi connectivity index (χ1n) is 7.10. The average molecular weight is 333 g/mol. The first-order chi connectivity index (χ1) is 10.8. The number of aromatic nitrogens is 1. The third-order valence-corrected chi connectivity index (χ3v) is 4.18. The van der Waals surface area contributed by atoms with E-state index in [2.05, 4.69) is 15.6 Å². The second kappa shape index (κ2) is 7.23. The van der Waals surface area contributed by atoms with Crippen molar-refractivity contribution in [3.63, 3.8) is 0 Å². The van der Waals surface area contributed by atoms with Crippen molar-refractivity contribution in [1.29, 1.82) is 0 Å². The molecule has 0 aliphatic rings. The van der Waals surface area contributed by atoms with E-state index < -0.39 is 15.8 Å². The number of sulfone groups is 1. The Hall–Kier alpha value is -2.41. The summed E-state index contributed by atoms with van der Waals surface area (Å²) in [5.74, 6) is -0.494. The number of hydrogen-bond donors (Lipinski definition) is 2. The molecule has 1 unspecified atom stereocenters. The fourth-order valence-electron chi connectivity index (χ4n) is 2.01. The molecule has 0 spiro atoms. The minimum atomic E-state index is -3.19. The second-order valence-corrected chi connectivity index (χ2v) is 7.59. The van der Waals surface area contributed by atoms with Gasteiger partial charge in [0, 0.05) is 17.9 Å². The van der Waals surface area contributed by atoms with Gasteiger partial charge in [0.05, 0.1) is 17.6 Å². The van der Waals surface area contributed by atoms with E-state index in [4.69, 9.17) is 0 Å². The van der Waals surface area contributed by atoms with Gasteiger partial charge in [-0.2, -0.15) is 0 Å². The van der Waals surface area contributed by atoms with E-state index in [1.165, 1.54) is 6.20 Å². The van der Waals surface area contributed by atoms with Crippen LogP contribution in [0.2, 0.25) is 0 Å². The zero-order valence-corrected chi connectivity index (χ0v) is 13.8. The molecule has 2 rings (SSSR count). The van der Waals surface area contributed by atoms with Gasteiger partial charge in [0.15, 0.2) is 0 Å². The van der Waals surface area contributed by atoms with E-state index in [-0.39, 0.29) is 11.7 Å². The maximum absolute atomic E-state index is 11.9. The molecule has 0 aliphatic heterocycles. The molecule has 0 saturated carbocycles. The number of rotatable bonds is 6. The Balaban J connectivity index is 1.96. The molecule has 7 heteroatoms. The Labute approximate surface area is 135 Å². The van der Waals surface area contributed by atoms with Crippen LogP contribution in [0.4, 0.5) is 17.2 Å². The van der Waals surface area contributed by atoms with Crippen LogP contribution in [0.3, 0.4) is 0 Å². The van der Waals surface area contributed by atoms with Crippen LogP contribution in [0.5, 0.6) is 0 Å². The van der Waals surface area contributed by atoms with Crippen molar-refractivity contribution in [1.82, 2.24) is 4.98 Å². The number of para-hydroxylation sites is 1. The van der Waals surface area contributed by atoms with Crippen LogP contribution in [0.1, 0.15) is 6.92 Å². The van der Waals surface area contributed by atoms with Gasteiger partial charge in [-0.3, -0.25) is 4.79 Å². The van der Waals surface area contributed by atoms with Gasteiger partial charge >= 0.3 is 0 Å². The van der Waals surface area contributed by atoms with Crippen LogP contribution in [-0.2, 0) is 14.6 Å². The summed E-state index contributed by atoms with van der Waals surface area (Å²) in [7, 11) is -3.19. The highest BCUT2D eigenvalue weighted by atomic mass is 32.2. The monoisotopic (exact) mass is 333 g/mol. The number of benzene rings is 1. The maximum atomic E-state index is 11.9. The molecule has 2 aromatic rings.